The summed E-state index contributed by atoms with van der Waals surface area (Å²) in [6, 6.07) is 31.7. The molecule has 0 aromatic heterocycles. The monoisotopic (exact) mass is 578 g/mol. The minimum atomic E-state index is -3.87. The summed E-state index contributed by atoms with van der Waals surface area (Å²) in [5.74, 6) is -0.288. The van der Waals surface area contributed by atoms with Crippen molar-refractivity contribution < 1.29 is 13.2 Å². The highest BCUT2D eigenvalue weighted by atomic mass is 32.2. The van der Waals surface area contributed by atoms with Gasteiger partial charge in [0.2, 0.25) is 0 Å². The number of likely N-dealkylation sites (tertiary alicyclic amines) is 1. The number of anilines is 3. The third-order valence-corrected chi connectivity index (χ3v) is 9.69. The Morgan fingerprint density at radius 1 is 0.857 bits per heavy atom. The summed E-state index contributed by atoms with van der Waals surface area (Å²) in [5, 5.41) is 6.42. The van der Waals surface area contributed by atoms with E-state index in [-0.39, 0.29) is 10.8 Å². The molecule has 0 aliphatic carbocycles. The number of benzene rings is 4. The first-order valence-corrected chi connectivity index (χ1v) is 15.7. The third kappa shape index (κ3) is 5.68. The van der Waals surface area contributed by atoms with Gasteiger partial charge in [-0.15, -0.1) is 0 Å². The average molecular weight is 579 g/mol. The molecule has 1 amide bonds. The second-order valence-electron chi connectivity index (χ2n) is 10.7. The zero-order valence-electron chi connectivity index (χ0n) is 23.6. The number of nitrogens with one attached hydrogen (secondary N) is 2. The van der Waals surface area contributed by atoms with E-state index >= 15 is 0 Å². The van der Waals surface area contributed by atoms with Gasteiger partial charge >= 0.3 is 0 Å². The maximum Gasteiger partial charge on any atom is 0.264 e. The Bertz CT molecular complexity index is 1710. The molecule has 2 aliphatic rings. The van der Waals surface area contributed by atoms with E-state index in [4.69, 9.17) is 0 Å². The fourth-order valence-corrected chi connectivity index (χ4v) is 6.81. The van der Waals surface area contributed by atoms with Gasteiger partial charge in [0, 0.05) is 30.5 Å². The average Bonchev–Trinajstić information content (AvgIpc) is 3.36. The van der Waals surface area contributed by atoms with Gasteiger partial charge in [0.15, 0.2) is 0 Å². The van der Waals surface area contributed by atoms with Crippen LogP contribution in [-0.2, 0) is 21.4 Å². The molecule has 1 fully saturated rings. The number of hydrogen-bond acceptors (Lipinski definition) is 5. The second-order valence-corrected chi connectivity index (χ2v) is 12.7. The zero-order valence-corrected chi connectivity index (χ0v) is 24.4. The van der Waals surface area contributed by atoms with E-state index < -0.39 is 10.0 Å². The van der Waals surface area contributed by atoms with Gasteiger partial charge in [0.05, 0.1) is 21.9 Å². The third-order valence-electron chi connectivity index (χ3n) is 7.90. The molecular formula is C34H34N4O3S. The van der Waals surface area contributed by atoms with E-state index in [0.29, 0.717) is 28.2 Å². The lowest BCUT2D eigenvalue weighted by molar-refractivity contribution is -0.110. The number of piperidine rings is 1. The highest BCUT2D eigenvalue weighted by molar-refractivity contribution is 7.92. The van der Waals surface area contributed by atoms with Gasteiger partial charge in [-0.1, -0.05) is 67.1 Å². The maximum atomic E-state index is 13.6. The van der Waals surface area contributed by atoms with Gasteiger partial charge in [-0.3, -0.25) is 14.0 Å². The Balaban J connectivity index is 1.37. The van der Waals surface area contributed by atoms with Gasteiger partial charge in [0.25, 0.3) is 15.9 Å². The molecule has 0 unspecified atom stereocenters. The Labute approximate surface area is 247 Å². The molecule has 2 aliphatic heterocycles. The summed E-state index contributed by atoms with van der Waals surface area (Å²) in [4.78, 5) is 16.1. The van der Waals surface area contributed by atoms with Crippen LogP contribution < -0.4 is 14.9 Å². The zero-order chi connectivity index (χ0) is 29.1. The van der Waals surface area contributed by atoms with E-state index in [1.807, 2.05) is 48.5 Å². The van der Waals surface area contributed by atoms with Crippen molar-refractivity contribution in [1.82, 2.24) is 4.90 Å². The molecule has 6 rings (SSSR count). The van der Waals surface area contributed by atoms with Crippen molar-refractivity contribution in [2.45, 2.75) is 30.7 Å². The summed E-state index contributed by atoms with van der Waals surface area (Å²) in [5.41, 5.74) is 5.59. The second kappa shape index (κ2) is 11.8. The molecule has 0 saturated carbocycles. The molecule has 4 aromatic carbocycles. The highest BCUT2D eigenvalue weighted by Gasteiger charge is 2.31. The first kappa shape index (κ1) is 27.8. The minimum Gasteiger partial charge on any atom is -0.354 e. The van der Waals surface area contributed by atoms with Crippen LogP contribution in [0.1, 0.15) is 36.0 Å². The quantitative estimate of drug-likeness (QED) is 0.236. The van der Waals surface area contributed by atoms with Gasteiger partial charge in [-0.25, -0.2) is 8.42 Å². The van der Waals surface area contributed by atoms with E-state index in [2.05, 4.69) is 27.7 Å². The predicted molar refractivity (Wildman–Crippen MR) is 170 cm³/mol. The summed E-state index contributed by atoms with van der Waals surface area (Å²) < 4.78 is 28.5. The molecule has 0 atom stereocenters. The number of sulfonamides is 1. The molecule has 2 heterocycles. The molecule has 214 valence electrons. The topological polar surface area (TPSA) is 81.8 Å². The fraction of sp³-hybridized carbons (Fsp3) is 0.206. The Kier molecular flexibility index (Phi) is 7.82. The summed E-state index contributed by atoms with van der Waals surface area (Å²) in [6.45, 7) is 3.20. The number of hydrogen-bond donors (Lipinski definition) is 2. The predicted octanol–water partition coefficient (Wildman–Crippen LogP) is 6.43. The summed E-state index contributed by atoms with van der Waals surface area (Å²) in [7, 11) is -2.34. The van der Waals surface area contributed by atoms with E-state index in [1.54, 1.807) is 36.4 Å². The number of carbonyl (C=O) groups is 1. The van der Waals surface area contributed by atoms with E-state index in [9.17, 15) is 13.2 Å². The smallest absolute Gasteiger partial charge is 0.264 e. The van der Waals surface area contributed by atoms with Crippen LogP contribution in [0.2, 0.25) is 0 Å². The molecule has 8 heteroatoms. The van der Waals surface area contributed by atoms with Crippen LogP contribution in [0.3, 0.4) is 0 Å². The summed E-state index contributed by atoms with van der Waals surface area (Å²) >= 11 is 0. The molecule has 0 spiro atoms. The van der Waals surface area contributed by atoms with Crippen LogP contribution >= 0.6 is 0 Å². The van der Waals surface area contributed by atoms with Crippen molar-refractivity contribution in [3.8, 4) is 0 Å². The minimum absolute atomic E-state index is 0.107. The van der Waals surface area contributed by atoms with Crippen molar-refractivity contribution in [2.24, 2.45) is 0 Å². The van der Waals surface area contributed by atoms with Gasteiger partial charge in [0.1, 0.15) is 0 Å². The maximum absolute atomic E-state index is 13.6. The first-order chi connectivity index (χ1) is 20.4. The summed E-state index contributed by atoms with van der Waals surface area (Å²) in [6.07, 6.45) is 3.82. The Morgan fingerprint density at radius 2 is 1.52 bits per heavy atom. The van der Waals surface area contributed by atoms with Crippen LogP contribution in [0, 0.1) is 0 Å². The molecule has 1 saturated heterocycles. The van der Waals surface area contributed by atoms with Crippen LogP contribution in [0.15, 0.2) is 108 Å². The standard InChI is InChI=1S/C34H34N4O3S/c1-37(28-13-7-3-8-14-28)42(40,41)29-19-20-31-30(23-29)32(34(39)36-31)33(26-11-5-2-6-12-26)35-27-17-15-25(16-18-27)24-38-21-9-4-10-22-38/h2-3,5-8,11-20,23,35H,4,9-10,21-22,24H2,1H3,(H,36,39)/b33-32-. The first-order valence-electron chi connectivity index (χ1n) is 14.3. The number of carbonyl (C=O) groups excluding carboxylic acids is 1. The lowest BCUT2D eigenvalue weighted by Gasteiger charge is -2.26. The number of nitrogens with zero attached hydrogens (tertiary/aromatic N) is 2. The highest BCUT2D eigenvalue weighted by Crippen LogP contribution is 2.39. The number of amides is 1. The molecular weight excluding hydrogens is 544 g/mol. The molecule has 4 aromatic rings. The van der Waals surface area contributed by atoms with Crippen molar-refractivity contribution >= 4 is 44.3 Å². The van der Waals surface area contributed by atoms with Crippen LogP contribution in [-0.4, -0.2) is 39.4 Å². The lowest BCUT2D eigenvalue weighted by atomic mass is 10.00. The van der Waals surface area contributed by atoms with Crippen molar-refractivity contribution in [3.05, 3.63) is 120 Å². The van der Waals surface area contributed by atoms with Gasteiger partial charge in [-0.2, -0.15) is 0 Å². The Morgan fingerprint density at radius 3 is 2.21 bits per heavy atom. The molecule has 0 radical (unpaired) electrons. The number of para-hydroxylation sites is 1. The molecule has 42 heavy (non-hydrogen) atoms. The van der Waals surface area contributed by atoms with Crippen molar-refractivity contribution in [3.63, 3.8) is 0 Å². The van der Waals surface area contributed by atoms with E-state index in [0.717, 1.165) is 30.9 Å². The van der Waals surface area contributed by atoms with Crippen molar-refractivity contribution in [1.29, 1.82) is 0 Å². The van der Waals surface area contributed by atoms with E-state index in [1.165, 1.54) is 42.2 Å². The Hall–Kier alpha value is -4.40. The SMILES string of the molecule is CN(c1ccccc1)S(=O)(=O)c1ccc2c(c1)/C(=C(/Nc1ccc(CN3CCCCC3)cc1)c1ccccc1)C(=O)N2. The van der Waals surface area contributed by atoms with Crippen LogP contribution in [0.25, 0.3) is 11.3 Å². The molecule has 7 nitrogen and oxygen atoms in total. The largest absolute Gasteiger partial charge is 0.354 e. The van der Waals surface area contributed by atoms with Crippen LogP contribution in [0.4, 0.5) is 17.1 Å². The number of fused-ring (bicyclic) bond motifs is 1. The molecule has 0 bridgehead atoms. The fourth-order valence-electron chi connectivity index (χ4n) is 5.59. The van der Waals surface area contributed by atoms with Crippen molar-refractivity contribution in [2.75, 3.05) is 35.1 Å². The number of rotatable bonds is 8. The van der Waals surface area contributed by atoms with Gasteiger partial charge in [-0.05, 0) is 79.5 Å². The van der Waals surface area contributed by atoms with Crippen LogP contribution in [0.5, 0.6) is 0 Å². The van der Waals surface area contributed by atoms with Gasteiger partial charge < -0.3 is 10.6 Å². The lowest BCUT2D eigenvalue weighted by Crippen LogP contribution is -2.29. The normalized spacial score (nSPS) is 16.5. The molecule has 2 N–H and O–H groups in total.